The molecular formula is C9H21NS. The zero-order chi connectivity index (χ0) is 8.53. The molecule has 0 atom stereocenters. The molecule has 2 heteroatoms. The lowest BCUT2D eigenvalue weighted by Crippen LogP contribution is -2.24. The molecule has 0 heterocycles. The van der Waals surface area contributed by atoms with Gasteiger partial charge in [0.25, 0.3) is 0 Å². The van der Waals surface area contributed by atoms with Crippen LogP contribution in [0.2, 0.25) is 0 Å². The van der Waals surface area contributed by atoms with Gasteiger partial charge in [0.2, 0.25) is 0 Å². The van der Waals surface area contributed by atoms with Gasteiger partial charge in [-0.05, 0) is 18.7 Å². The third kappa shape index (κ3) is 6.70. The van der Waals surface area contributed by atoms with Gasteiger partial charge in [-0.25, -0.2) is 0 Å². The van der Waals surface area contributed by atoms with Gasteiger partial charge in [-0.3, -0.25) is 0 Å². The van der Waals surface area contributed by atoms with Gasteiger partial charge in [-0.15, -0.1) is 0 Å². The summed E-state index contributed by atoms with van der Waals surface area (Å²) >= 11 is 1.91. The molecule has 0 spiro atoms. The van der Waals surface area contributed by atoms with E-state index in [0.717, 1.165) is 12.5 Å². The molecule has 0 unspecified atom stereocenters. The lowest BCUT2D eigenvalue weighted by molar-refractivity contribution is 0.457. The van der Waals surface area contributed by atoms with Crippen molar-refractivity contribution in [1.82, 2.24) is 5.32 Å². The van der Waals surface area contributed by atoms with Gasteiger partial charge in [0.05, 0.1) is 0 Å². The van der Waals surface area contributed by atoms with E-state index in [2.05, 4.69) is 25.4 Å². The smallest absolute Gasteiger partial charge is 0.00553 e. The van der Waals surface area contributed by atoms with Crippen molar-refractivity contribution in [2.24, 2.45) is 5.92 Å². The molecule has 68 valence electrons. The van der Waals surface area contributed by atoms with E-state index < -0.39 is 0 Å². The van der Waals surface area contributed by atoms with Crippen molar-refractivity contribution < 1.29 is 0 Å². The van der Waals surface area contributed by atoms with Crippen molar-refractivity contribution in [3.8, 4) is 0 Å². The van der Waals surface area contributed by atoms with E-state index in [4.69, 9.17) is 0 Å². The fourth-order valence-electron chi connectivity index (χ4n) is 1.06. The maximum absolute atomic E-state index is 3.47. The Morgan fingerprint density at radius 2 is 1.91 bits per heavy atom. The average Bonchev–Trinajstić information content (AvgIpc) is 2.05. The summed E-state index contributed by atoms with van der Waals surface area (Å²) in [6.45, 7) is 6.90. The Labute approximate surface area is 75.3 Å². The van der Waals surface area contributed by atoms with E-state index in [0.29, 0.717) is 0 Å². The zero-order valence-corrected chi connectivity index (χ0v) is 8.84. The minimum Gasteiger partial charge on any atom is -0.316 e. The Morgan fingerprint density at radius 1 is 1.27 bits per heavy atom. The maximum atomic E-state index is 3.47. The Balaban J connectivity index is 3.07. The molecule has 0 saturated carbocycles. The van der Waals surface area contributed by atoms with Crippen LogP contribution in [0.25, 0.3) is 0 Å². The fourth-order valence-corrected chi connectivity index (χ4v) is 1.41. The maximum Gasteiger partial charge on any atom is 0.00553 e. The van der Waals surface area contributed by atoms with Gasteiger partial charge < -0.3 is 5.32 Å². The largest absolute Gasteiger partial charge is 0.316 e. The molecule has 0 aliphatic rings. The molecule has 0 saturated heterocycles. The normalized spacial score (nSPS) is 10.9. The van der Waals surface area contributed by atoms with Crippen LogP contribution in [0, 0.1) is 5.92 Å². The van der Waals surface area contributed by atoms with Crippen LogP contribution in [0.15, 0.2) is 0 Å². The summed E-state index contributed by atoms with van der Waals surface area (Å²) in [5.41, 5.74) is 0. The highest BCUT2D eigenvalue weighted by Crippen LogP contribution is 2.04. The van der Waals surface area contributed by atoms with E-state index >= 15 is 0 Å². The van der Waals surface area contributed by atoms with Crippen LogP contribution < -0.4 is 5.32 Å². The van der Waals surface area contributed by atoms with Crippen LogP contribution in [0.5, 0.6) is 0 Å². The molecule has 0 bridgehead atoms. The molecular weight excluding hydrogens is 154 g/mol. The molecule has 11 heavy (non-hydrogen) atoms. The average molecular weight is 175 g/mol. The Morgan fingerprint density at radius 3 is 2.36 bits per heavy atom. The molecule has 0 aromatic carbocycles. The molecule has 0 radical (unpaired) electrons. The lowest BCUT2D eigenvalue weighted by atomic mass is 10.0. The van der Waals surface area contributed by atoms with E-state index in [1.54, 1.807) is 0 Å². The van der Waals surface area contributed by atoms with Gasteiger partial charge in [0.1, 0.15) is 0 Å². The molecule has 1 N–H and O–H groups in total. The monoisotopic (exact) mass is 175 g/mol. The summed E-state index contributed by atoms with van der Waals surface area (Å²) in [5.74, 6) is 2.12. The SMILES string of the molecule is CCC(CC)CNCCSC. The topological polar surface area (TPSA) is 12.0 Å². The van der Waals surface area contributed by atoms with Crippen molar-refractivity contribution in [2.45, 2.75) is 26.7 Å². The van der Waals surface area contributed by atoms with E-state index in [1.807, 2.05) is 11.8 Å². The highest BCUT2D eigenvalue weighted by Gasteiger charge is 2.00. The number of rotatable bonds is 7. The number of hydrogen-bond donors (Lipinski definition) is 1. The second kappa shape index (κ2) is 8.41. The van der Waals surface area contributed by atoms with Crippen LogP contribution in [-0.2, 0) is 0 Å². The van der Waals surface area contributed by atoms with Crippen LogP contribution in [-0.4, -0.2) is 25.1 Å². The van der Waals surface area contributed by atoms with E-state index in [9.17, 15) is 0 Å². The Hall–Kier alpha value is 0.310. The second-order valence-electron chi connectivity index (χ2n) is 2.88. The highest BCUT2D eigenvalue weighted by molar-refractivity contribution is 7.98. The Kier molecular flexibility index (Phi) is 8.64. The fraction of sp³-hybridized carbons (Fsp3) is 1.00. The summed E-state index contributed by atoms with van der Waals surface area (Å²) in [6.07, 6.45) is 4.77. The third-order valence-electron chi connectivity index (χ3n) is 2.07. The first-order valence-corrected chi connectivity index (χ1v) is 5.94. The Bertz CT molecular complexity index is 72.0. The zero-order valence-electron chi connectivity index (χ0n) is 8.02. The molecule has 0 aromatic heterocycles. The molecule has 0 aliphatic carbocycles. The number of hydrogen-bond acceptors (Lipinski definition) is 2. The standard InChI is InChI=1S/C9H21NS/c1-4-9(5-2)8-10-6-7-11-3/h9-10H,4-8H2,1-3H3. The molecule has 0 amide bonds. The van der Waals surface area contributed by atoms with Crippen molar-refractivity contribution in [3.05, 3.63) is 0 Å². The summed E-state index contributed by atoms with van der Waals surface area (Å²) in [7, 11) is 0. The minimum atomic E-state index is 0.886. The van der Waals surface area contributed by atoms with Crippen LogP contribution in [0.4, 0.5) is 0 Å². The van der Waals surface area contributed by atoms with E-state index in [-0.39, 0.29) is 0 Å². The predicted molar refractivity (Wildman–Crippen MR) is 55.3 cm³/mol. The first-order valence-electron chi connectivity index (χ1n) is 4.54. The molecule has 0 fully saturated rings. The summed E-state index contributed by atoms with van der Waals surface area (Å²) in [5, 5.41) is 3.47. The molecule has 0 aliphatic heterocycles. The first kappa shape index (κ1) is 11.3. The lowest BCUT2D eigenvalue weighted by Gasteiger charge is -2.12. The van der Waals surface area contributed by atoms with Gasteiger partial charge >= 0.3 is 0 Å². The van der Waals surface area contributed by atoms with Crippen LogP contribution in [0.1, 0.15) is 26.7 Å². The van der Waals surface area contributed by atoms with Crippen molar-refractivity contribution in [3.63, 3.8) is 0 Å². The third-order valence-corrected chi connectivity index (χ3v) is 2.68. The summed E-state index contributed by atoms with van der Waals surface area (Å²) in [4.78, 5) is 0. The van der Waals surface area contributed by atoms with Crippen molar-refractivity contribution in [2.75, 3.05) is 25.1 Å². The molecule has 1 nitrogen and oxygen atoms in total. The van der Waals surface area contributed by atoms with Gasteiger partial charge in [0, 0.05) is 12.3 Å². The van der Waals surface area contributed by atoms with Gasteiger partial charge in [-0.2, -0.15) is 11.8 Å². The number of thioether (sulfide) groups is 1. The van der Waals surface area contributed by atoms with Gasteiger partial charge in [0.15, 0.2) is 0 Å². The molecule has 0 aromatic rings. The summed E-state index contributed by atoms with van der Waals surface area (Å²) < 4.78 is 0. The molecule has 0 rings (SSSR count). The predicted octanol–water partition coefficient (Wildman–Crippen LogP) is 2.38. The van der Waals surface area contributed by atoms with Gasteiger partial charge in [-0.1, -0.05) is 26.7 Å². The van der Waals surface area contributed by atoms with Crippen LogP contribution in [0.3, 0.4) is 0 Å². The first-order chi connectivity index (χ1) is 5.35. The van der Waals surface area contributed by atoms with E-state index in [1.165, 1.54) is 25.1 Å². The van der Waals surface area contributed by atoms with Crippen molar-refractivity contribution in [1.29, 1.82) is 0 Å². The summed E-state index contributed by atoms with van der Waals surface area (Å²) in [6, 6.07) is 0. The highest BCUT2D eigenvalue weighted by atomic mass is 32.2. The van der Waals surface area contributed by atoms with Crippen molar-refractivity contribution >= 4 is 11.8 Å². The quantitative estimate of drug-likeness (QED) is 0.596. The minimum absolute atomic E-state index is 0.886. The second-order valence-corrected chi connectivity index (χ2v) is 3.87. The number of nitrogens with one attached hydrogen (secondary N) is 1. The van der Waals surface area contributed by atoms with Crippen LogP contribution >= 0.6 is 11.8 Å².